The van der Waals surface area contributed by atoms with E-state index < -0.39 is 15.6 Å². The molecule has 1 N–H and O–H groups in total. The zero-order valence-corrected chi connectivity index (χ0v) is 10.4. The maximum atomic E-state index is 11.2. The lowest BCUT2D eigenvalue weighted by molar-refractivity contribution is 0.474. The topological polar surface area (TPSA) is 46.2 Å². The minimum absolute atomic E-state index is 0.570. The summed E-state index contributed by atoms with van der Waals surface area (Å²) in [6.07, 6.45) is 1.17. The summed E-state index contributed by atoms with van der Waals surface area (Å²) in [4.78, 5) is 0. The van der Waals surface area contributed by atoms with Crippen LogP contribution in [0, 0.1) is 6.92 Å². The number of hydrogen-bond acceptors (Lipinski definition) is 2. The van der Waals surface area contributed by atoms with Gasteiger partial charge in [0.15, 0.2) is 0 Å². The minimum Gasteiger partial charge on any atom is -0.213 e. The van der Waals surface area contributed by atoms with Gasteiger partial charge in [-0.3, -0.25) is 0 Å². The predicted octanol–water partition coefficient (Wildman–Crippen LogP) is 1.78. The van der Waals surface area contributed by atoms with E-state index in [-0.39, 0.29) is 0 Å². The Bertz CT molecular complexity index is 449. The fourth-order valence-electron chi connectivity index (χ4n) is 1.56. The Morgan fingerprint density at radius 3 is 2.33 bits per heavy atom. The third-order valence-electron chi connectivity index (χ3n) is 2.18. The number of hydrogen-bond donors (Lipinski definition) is 1. The van der Waals surface area contributed by atoms with Gasteiger partial charge in [-0.15, -0.1) is 0 Å². The fourth-order valence-corrected chi connectivity index (χ4v) is 2.60. The number of sulfonamides is 1. The van der Waals surface area contributed by atoms with Crippen LogP contribution in [0.1, 0.15) is 25.0 Å². The van der Waals surface area contributed by atoms with Crippen molar-refractivity contribution in [2.75, 3.05) is 6.26 Å². The molecule has 84 valence electrons. The van der Waals surface area contributed by atoms with E-state index >= 15 is 0 Å². The molecule has 0 atom stereocenters. The van der Waals surface area contributed by atoms with E-state index in [1.807, 2.05) is 45.0 Å². The quantitative estimate of drug-likeness (QED) is 0.855. The molecule has 1 aromatic carbocycles. The second kappa shape index (κ2) is 3.94. The first-order valence-corrected chi connectivity index (χ1v) is 6.66. The maximum absolute atomic E-state index is 11.2. The molecular weight excluding hydrogens is 210 g/mol. The Hall–Kier alpha value is -0.870. The molecule has 0 unspecified atom stereocenters. The predicted molar refractivity (Wildman–Crippen MR) is 62.2 cm³/mol. The van der Waals surface area contributed by atoms with E-state index in [2.05, 4.69) is 4.72 Å². The van der Waals surface area contributed by atoms with E-state index in [1.165, 1.54) is 6.26 Å². The molecule has 0 heterocycles. The van der Waals surface area contributed by atoms with Crippen LogP contribution in [-0.2, 0) is 15.6 Å². The van der Waals surface area contributed by atoms with Gasteiger partial charge in [0.1, 0.15) is 0 Å². The van der Waals surface area contributed by atoms with Gasteiger partial charge >= 0.3 is 0 Å². The van der Waals surface area contributed by atoms with Crippen molar-refractivity contribution in [3.8, 4) is 0 Å². The lowest BCUT2D eigenvalue weighted by Crippen LogP contribution is -2.40. The van der Waals surface area contributed by atoms with Crippen LogP contribution in [0.3, 0.4) is 0 Å². The van der Waals surface area contributed by atoms with Gasteiger partial charge in [0.05, 0.1) is 11.8 Å². The molecular formula is C11H17NO2S. The van der Waals surface area contributed by atoms with Crippen molar-refractivity contribution in [1.29, 1.82) is 0 Å². The highest BCUT2D eigenvalue weighted by Gasteiger charge is 2.24. The number of aryl methyl sites for hydroxylation is 1. The highest BCUT2D eigenvalue weighted by atomic mass is 32.2. The zero-order valence-electron chi connectivity index (χ0n) is 9.53. The largest absolute Gasteiger partial charge is 0.213 e. The summed E-state index contributed by atoms with van der Waals surface area (Å²) < 4.78 is 25.0. The molecule has 1 rings (SSSR count). The summed E-state index contributed by atoms with van der Waals surface area (Å²) in [7, 11) is -3.19. The van der Waals surface area contributed by atoms with Crippen LogP contribution in [0.5, 0.6) is 0 Å². The van der Waals surface area contributed by atoms with Crippen molar-refractivity contribution in [3.05, 3.63) is 35.4 Å². The molecule has 0 aromatic heterocycles. The normalized spacial score (nSPS) is 12.8. The second-order valence-electron chi connectivity index (χ2n) is 4.37. The average molecular weight is 227 g/mol. The van der Waals surface area contributed by atoms with Crippen LogP contribution in [0.25, 0.3) is 0 Å². The first-order chi connectivity index (χ1) is 6.71. The first kappa shape index (κ1) is 12.2. The number of rotatable bonds is 3. The van der Waals surface area contributed by atoms with Crippen LogP contribution < -0.4 is 4.72 Å². The molecule has 0 spiro atoms. The van der Waals surface area contributed by atoms with Gasteiger partial charge < -0.3 is 0 Å². The van der Waals surface area contributed by atoms with E-state index in [1.54, 1.807) is 0 Å². The third kappa shape index (κ3) is 3.64. The van der Waals surface area contributed by atoms with Gasteiger partial charge in [-0.25, -0.2) is 13.1 Å². The van der Waals surface area contributed by atoms with Gasteiger partial charge in [0, 0.05) is 0 Å². The molecule has 0 aliphatic rings. The van der Waals surface area contributed by atoms with Crippen LogP contribution in [-0.4, -0.2) is 14.7 Å². The molecule has 0 amide bonds. The Morgan fingerprint density at radius 2 is 1.87 bits per heavy atom. The molecule has 4 heteroatoms. The lowest BCUT2D eigenvalue weighted by atomic mass is 9.94. The zero-order chi connectivity index (χ0) is 11.7. The minimum atomic E-state index is -3.19. The molecule has 0 aliphatic carbocycles. The molecule has 1 aromatic rings. The summed E-state index contributed by atoms with van der Waals surface area (Å²) >= 11 is 0. The van der Waals surface area contributed by atoms with Gasteiger partial charge in [0.25, 0.3) is 0 Å². The Morgan fingerprint density at radius 1 is 1.27 bits per heavy atom. The maximum Gasteiger partial charge on any atom is 0.209 e. The van der Waals surface area contributed by atoms with E-state index in [0.717, 1.165) is 11.1 Å². The van der Waals surface area contributed by atoms with Gasteiger partial charge in [-0.1, -0.05) is 29.8 Å². The van der Waals surface area contributed by atoms with E-state index in [9.17, 15) is 8.42 Å². The van der Waals surface area contributed by atoms with Gasteiger partial charge in [-0.05, 0) is 26.3 Å². The van der Waals surface area contributed by atoms with Crippen molar-refractivity contribution in [2.45, 2.75) is 26.3 Å². The summed E-state index contributed by atoms with van der Waals surface area (Å²) in [5.41, 5.74) is 1.52. The van der Waals surface area contributed by atoms with Crippen LogP contribution >= 0.6 is 0 Å². The average Bonchev–Trinajstić information content (AvgIpc) is 1.99. The van der Waals surface area contributed by atoms with E-state index in [4.69, 9.17) is 0 Å². The smallest absolute Gasteiger partial charge is 0.209 e. The summed E-state index contributed by atoms with van der Waals surface area (Å²) in [5, 5.41) is 0. The fraction of sp³-hybridized carbons (Fsp3) is 0.455. The van der Waals surface area contributed by atoms with Crippen LogP contribution in [0.4, 0.5) is 0 Å². The molecule has 0 saturated carbocycles. The monoisotopic (exact) mass is 227 g/mol. The van der Waals surface area contributed by atoms with Crippen molar-refractivity contribution >= 4 is 10.0 Å². The van der Waals surface area contributed by atoms with Crippen molar-refractivity contribution < 1.29 is 8.42 Å². The number of benzene rings is 1. The molecule has 0 fully saturated rings. The summed E-state index contributed by atoms with van der Waals surface area (Å²) in [6, 6.07) is 7.82. The van der Waals surface area contributed by atoms with Crippen molar-refractivity contribution in [1.82, 2.24) is 4.72 Å². The molecule has 0 saturated heterocycles. The molecule has 0 radical (unpaired) electrons. The van der Waals surface area contributed by atoms with Gasteiger partial charge in [0.2, 0.25) is 10.0 Å². The standard InChI is InChI=1S/C11H17NO2S/c1-9-6-5-7-10(8-9)11(2,3)12-15(4,13)14/h5-8,12H,1-4H3. The Labute approximate surface area is 91.6 Å². The lowest BCUT2D eigenvalue weighted by Gasteiger charge is -2.25. The highest BCUT2D eigenvalue weighted by Crippen LogP contribution is 2.21. The molecule has 3 nitrogen and oxygen atoms in total. The number of nitrogens with one attached hydrogen (secondary N) is 1. The first-order valence-electron chi connectivity index (χ1n) is 4.77. The van der Waals surface area contributed by atoms with Gasteiger partial charge in [-0.2, -0.15) is 0 Å². The van der Waals surface area contributed by atoms with E-state index in [0.29, 0.717) is 0 Å². The Balaban J connectivity index is 3.06. The second-order valence-corrected chi connectivity index (χ2v) is 6.12. The summed E-state index contributed by atoms with van der Waals surface area (Å²) in [6.45, 7) is 5.69. The molecule has 0 bridgehead atoms. The van der Waals surface area contributed by atoms with Crippen molar-refractivity contribution in [3.63, 3.8) is 0 Å². The summed E-state index contributed by atoms with van der Waals surface area (Å²) in [5.74, 6) is 0. The van der Waals surface area contributed by atoms with Crippen molar-refractivity contribution in [2.24, 2.45) is 0 Å². The molecule has 0 aliphatic heterocycles. The van der Waals surface area contributed by atoms with Crippen LogP contribution in [0.15, 0.2) is 24.3 Å². The van der Waals surface area contributed by atoms with Crippen LogP contribution in [0.2, 0.25) is 0 Å². The Kier molecular flexibility index (Phi) is 3.21. The molecule has 15 heavy (non-hydrogen) atoms. The SMILES string of the molecule is Cc1cccc(C(C)(C)NS(C)(=O)=O)c1. The highest BCUT2D eigenvalue weighted by molar-refractivity contribution is 7.88. The third-order valence-corrected chi connectivity index (χ3v) is 3.06.